The molecule has 1 atom stereocenters. The van der Waals surface area contributed by atoms with E-state index in [1.54, 1.807) is 6.92 Å². The smallest absolute Gasteiger partial charge is 0.321 e. The van der Waals surface area contributed by atoms with Gasteiger partial charge < -0.3 is 5.32 Å². The number of nitrogens with zero attached hydrogens (tertiary/aromatic N) is 2. The van der Waals surface area contributed by atoms with Gasteiger partial charge in [0.25, 0.3) is 0 Å². The minimum atomic E-state index is -3.79. The summed E-state index contributed by atoms with van der Waals surface area (Å²) >= 11 is 12.0. The molecule has 162 valence electrons. The van der Waals surface area contributed by atoms with E-state index in [4.69, 9.17) is 23.2 Å². The maximum absolute atomic E-state index is 12.9. The Hall–Kier alpha value is -1.39. The number of hydrogen-bond donors (Lipinski definition) is 2. The topological polar surface area (TPSA) is 98.8 Å². The third-order valence-corrected chi connectivity index (χ3v) is 7.23. The van der Waals surface area contributed by atoms with Crippen LogP contribution in [0.2, 0.25) is 10.0 Å². The molecule has 1 unspecified atom stereocenters. The number of benzene rings is 1. The quantitative estimate of drug-likeness (QED) is 0.671. The summed E-state index contributed by atoms with van der Waals surface area (Å²) in [4.78, 5) is 25.9. The van der Waals surface area contributed by atoms with E-state index in [-0.39, 0.29) is 33.9 Å². The third kappa shape index (κ3) is 6.29. The number of amides is 3. The van der Waals surface area contributed by atoms with E-state index in [1.807, 2.05) is 18.7 Å². The molecule has 0 radical (unpaired) electrons. The maximum atomic E-state index is 12.9. The van der Waals surface area contributed by atoms with Crippen LogP contribution < -0.4 is 10.6 Å². The van der Waals surface area contributed by atoms with Crippen LogP contribution >= 0.6 is 23.2 Å². The van der Waals surface area contributed by atoms with E-state index < -0.39 is 28.0 Å². The molecule has 1 heterocycles. The molecular weight excluding hydrogens is 439 g/mol. The van der Waals surface area contributed by atoms with Crippen LogP contribution in [0.25, 0.3) is 0 Å². The van der Waals surface area contributed by atoms with Crippen LogP contribution in [-0.4, -0.2) is 68.3 Å². The Kier molecular flexibility index (Phi) is 8.30. The van der Waals surface area contributed by atoms with E-state index in [0.29, 0.717) is 19.6 Å². The molecule has 0 saturated carbocycles. The van der Waals surface area contributed by atoms with E-state index in [2.05, 4.69) is 10.6 Å². The van der Waals surface area contributed by atoms with Crippen molar-refractivity contribution < 1.29 is 18.0 Å². The summed E-state index contributed by atoms with van der Waals surface area (Å²) in [7, 11) is -3.79. The van der Waals surface area contributed by atoms with Crippen LogP contribution in [0.1, 0.15) is 20.8 Å². The average molecular weight is 465 g/mol. The number of halogens is 2. The van der Waals surface area contributed by atoms with Gasteiger partial charge in [0.05, 0.1) is 11.1 Å². The zero-order valence-corrected chi connectivity index (χ0v) is 18.9. The normalized spacial score (nSPS) is 17.2. The Bertz CT molecular complexity index is 855. The van der Waals surface area contributed by atoms with E-state index in [0.717, 1.165) is 0 Å². The van der Waals surface area contributed by atoms with Crippen LogP contribution in [-0.2, 0) is 14.8 Å². The van der Waals surface area contributed by atoms with Crippen molar-refractivity contribution in [1.82, 2.24) is 19.8 Å². The standard InChI is InChI=1S/C18H26Cl2N4O4S/c1-12(2)11-21-18(26)22-17(25)13(3)23-6-8-24(9-7-23)29(27,28)16-10-14(19)4-5-15(16)20/h4-5,10,12-13H,6-9,11H2,1-3H3,(H2,21,22,25,26). The number of carbonyl (C=O) groups is 2. The van der Waals surface area contributed by atoms with Gasteiger partial charge in [0, 0.05) is 37.7 Å². The van der Waals surface area contributed by atoms with Crippen LogP contribution in [0, 0.1) is 5.92 Å². The lowest BCUT2D eigenvalue weighted by Crippen LogP contribution is -2.56. The molecule has 1 aromatic carbocycles. The van der Waals surface area contributed by atoms with Crippen molar-refractivity contribution in [3.05, 3.63) is 28.2 Å². The van der Waals surface area contributed by atoms with Crippen molar-refractivity contribution in [3.63, 3.8) is 0 Å². The highest BCUT2D eigenvalue weighted by atomic mass is 35.5. The second-order valence-corrected chi connectivity index (χ2v) is 10.0. The zero-order valence-electron chi connectivity index (χ0n) is 16.6. The predicted molar refractivity (Wildman–Crippen MR) is 113 cm³/mol. The number of rotatable bonds is 6. The van der Waals surface area contributed by atoms with Gasteiger partial charge in [-0.3, -0.25) is 15.0 Å². The third-order valence-electron chi connectivity index (χ3n) is 4.62. The van der Waals surface area contributed by atoms with Gasteiger partial charge in [-0.2, -0.15) is 4.31 Å². The monoisotopic (exact) mass is 464 g/mol. The number of imide groups is 1. The average Bonchev–Trinajstić information content (AvgIpc) is 2.67. The Morgan fingerprint density at radius 3 is 2.31 bits per heavy atom. The molecule has 11 heteroatoms. The first-order chi connectivity index (χ1) is 13.5. The van der Waals surface area contributed by atoms with Gasteiger partial charge in [-0.05, 0) is 31.0 Å². The lowest BCUT2D eigenvalue weighted by molar-refractivity contribution is -0.125. The Morgan fingerprint density at radius 1 is 1.10 bits per heavy atom. The largest absolute Gasteiger partial charge is 0.338 e. The second-order valence-electron chi connectivity index (χ2n) is 7.28. The number of carbonyl (C=O) groups excluding carboxylic acids is 2. The van der Waals surface area contributed by atoms with Crippen molar-refractivity contribution in [1.29, 1.82) is 0 Å². The van der Waals surface area contributed by atoms with Crippen LogP contribution in [0.3, 0.4) is 0 Å². The number of hydrogen-bond acceptors (Lipinski definition) is 5. The molecule has 0 bridgehead atoms. The Labute approximate surface area is 181 Å². The molecule has 8 nitrogen and oxygen atoms in total. The molecule has 1 fully saturated rings. The highest BCUT2D eigenvalue weighted by molar-refractivity contribution is 7.89. The van der Waals surface area contributed by atoms with Crippen molar-refractivity contribution in [2.75, 3.05) is 32.7 Å². The Balaban J connectivity index is 1.95. The highest BCUT2D eigenvalue weighted by Gasteiger charge is 2.33. The summed E-state index contributed by atoms with van der Waals surface area (Å²) in [5.74, 6) is -0.156. The lowest BCUT2D eigenvalue weighted by atomic mass is 10.2. The summed E-state index contributed by atoms with van der Waals surface area (Å²) < 4.78 is 27.1. The predicted octanol–water partition coefficient (Wildman–Crippen LogP) is 2.17. The van der Waals surface area contributed by atoms with Crippen LogP contribution in [0.4, 0.5) is 4.79 Å². The van der Waals surface area contributed by atoms with E-state index in [9.17, 15) is 18.0 Å². The lowest BCUT2D eigenvalue weighted by Gasteiger charge is -2.36. The first-order valence-electron chi connectivity index (χ1n) is 9.30. The molecule has 1 saturated heterocycles. The summed E-state index contributed by atoms with van der Waals surface area (Å²) in [6.45, 7) is 7.15. The first-order valence-corrected chi connectivity index (χ1v) is 11.5. The SMILES string of the molecule is CC(C)CNC(=O)NC(=O)C(C)N1CCN(S(=O)(=O)c2cc(Cl)ccc2Cl)CC1. The van der Waals surface area contributed by atoms with Gasteiger partial charge in [-0.25, -0.2) is 13.2 Å². The fourth-order valence-corrected chi connectivity index (χ4v) is 5.03. The molecule has 1 aliphatic rings. The second kappa shape index (κ2) is 10.1. The van der Waals surface area contributed by atoms with Crippen LogP contribution in [0.15, 0.2) is 23.1 Å². The number of piperazine rings is 1. The molecule has 0 aromatic heterocycles. The zero-order chi connectivity index (χ0) is 21.8. The van der Waals surface area contributed by atoms with Gasteiger partial charge in [-0.15, -0.1) is 0 Å². The molecular formula is C18H26Cl2N4O4S. The summed E-state index contributed by atoms with van der Waals surface area (Å²) in [5.41, 5.74) is 0. The van der Waals surface area contributed by atoms with Gasteiger partial charge in [-0.1, -0.05) is 37.0 Å². The first kappa shape index (κ1) is 23.9. The van der Waals surface area contributed by atoms with Crippen molar-refractivity contribution in [3.8, 4) is 0 Å². The van der Waals surface area contributed by atoms with Crippen molar-refractivity contribution in [2.45, 2.75) is 31.7 Å². The molecule has 29 heavy (non-hydrogen) atoms. The summed E-state index contributed by atoms with van der Waals surface area (Å²) in [6.07, 6.45) is 0. The molecule has 2 N–H and O–H groups in total. The fraction of sp³-hybridized carbons (Fsp3) is 0.556. The van der Waals surface area contributed by atoms with Gasteiger partial charge in [0.15, 0.2) is 0 Å². The van der Waals surface area contributed by atoms with E-state index >= 15 is 0 Å². The molecule has 3 amide bonds. The molecule has 1 aromatic rings. The summed E-state index contributed by atoms with van der Waals surface area (Å²) in [6, 6.07) is 3.20. The highest BCUT2D eigenvalue weighted by Crippen LogP contribution is 2.28. The molecule has 0 aliphatic carbocycles. The summed E-state index contributed by atoms with van der Waals surface area (Å²) in [5, 5.41) is 5.34. The number of urea groups is 1. The molecule has 0 spiro atoms. The van der Waals surface area contributed by atoms with Crippen molar-refractivity contribution >= 4 is 45.2 Å². The van der Waals surface area contributed by atoms with Gasteiger partial charge in [0.1, 0.15) is 4.90 Å². The molecule has 1 aliphatic heterocycles. The van der Waals surface area contributed by atoms with E-state index in [1.165, 1.54) is 22.5 Å². The fourth-order valence-electron chi connectivity index (χ4n) is 2.87. The van der Waals surface area contributed by atoms with Gasteiger partial charge >= 0.3 is 6.03 Å². The molecule has 2 rings (SSSR count). The number of nitrogens with one attached hydrogen (secondary N) is 2. The minimum absolute atomic E-state index is 0.0345. The Morgan fingerprint density at radius 2 is 1.72 bits per heavy atom. The van der Waals surface area contributed by atoms with Crippen molar-refractivity contribution in [2.24, 2.45) is 5.92 Å². The van der Waals surface area contributed by atoms with Crippen LogP contribution in [0.5, 0.6) is 0 Å². The minimum Gasteiger partial charge on any atom is -0.338 e. The maximum Gasteiger partial charge on any atom is 0.321 e. The number of sulfonamides is 1. The van der Waals surface area contributed by atoms with Gasteiger partial charge in [0.2, 0.25) is 15.9 Å².